The van der Waals surface area contributed by atoms with Crippen molar-refractivity contribution in [2.45, 2.75) is 119 Å². The number of anilines is 2. The minimum Gasteiger partial charge on any atom is -0.465 e. The molecular formula is C59H66F4N10O8. The monoisotopic (exact) mass is 1120 g/mol. The van der Waals surface area contributed by atoms with E-state index in [1.165, 1.54) is 29.8 Å². The topological polar surface area (TPSA) is 222 Å². The minimum absolute atomic E-state index is 0.0770. The van der Waals surface area contributed by atoms with Crippen LogP contribution in [0.4, 0.5) is 38.5 Å². The number of likely N-dealkylation sites (tertiary alicyclic amines) is 2. The smallest absolute Gasteiger partial charge is 0.405 e. The van der Waals surface area contributed by atoms with Crippen molar-refractivity contribution in [1.29, 1.82) is 0 Å². The molecule has 428 valence electrons. The molecule has 18 nitrogen and oxygen atoms in total. The lowest BCUT2D eigenvalue weighted by atomic mass is 9.89. The second-order valence-electron chi connectivity index (χ2n) is 22.6. The highest BCUT2D eigenvalue weighted by atomic mass is 19.1. The van der Waals surface area contributed by atoms with Crippen LogP contribution in [0.25, 0.3) is 22.1 Å². The zero-order valence-electron chi connectivity index (χ0n) is 44.7. The van der Waals surface area contributed by atoms with Gasteiger partial charge >= 0.3 is 12.2 Å². The molecule has 22 heteroatoms. The Morgan fingerprint density at radius 2 is 1.01 bits per heavy atom. The maximum Gasteiger partial charge on any atom is 0.405 e. The Kier molecular flexibility index (Phi) is 15.3. The summed E-state index contributed by atoms with van der Waals surface area (Å²) in [6.45, 7) is 3.20. The average Bonchev–Trinajstić information content (AvgIpc) is 4.45. The lowest BCUT2D eigenvalue weighted by Crippen LogP contribution is -2.52. The van der Waals surface area contributed by atoms with Gasteiger partial charge in [0.1, 0.15) is 41.1 Å². The van der Waals surface area contributed by atoms with Crippen LogP contribution in [-0.2, 0) is 19.1 Å². The van der Waals surface area contributed by atoms with Crippen LogP contribution in [0, 0.1) is 35.1 Å². The summed E-state index contributed by atoms with van der Waals surface area (Å²) >= 11 is 0. The lowest BCUT2D eigenvalue weighted by Gasteiger charge is -2.36. The van der Waals surface area contributed by atoms with Crippen molar-refractivity contribution in [3.05, 3.63) is 118 Å². The SMILES string of the molecule is O=C(O)N[C@H](C(=O)N1CCC[C@H]1c1nc2cc([C@H]3CC[C@H](c4cc5nc([C@@H]6CCCN6C(=O)[C@@H](NC(=O)O)C6CCOCC6)[nH]c5cc4F)N3c3cc(F)c(N4CCC(c5ccccc5)CC4)c(F)c3)c(F)cc2[nH]1)C1CCOCC1. The van der Waals surface area contributed by atoms with E-state index in [1.807, 2.05) is 18.2 Å². The third kappa shape index (κ3) is 10.7. The molecule has 6 aromatic rings. The summed E-state index contributed by atoms with van der Waals surface area (Å²) in [6, 6.07) is 13.5. The molecule has 6 fully saturated rings. The molecule has 6 aliphatic heterocycles. The number of piperidine rings is 1. The Morgan fingerprint density at radius 3 is 1.46 bits per heavy atom. The van der Waals surface area contributed by atoms with Gasteiger partial charge in [0.05, 0.1) is 46.2 Å². The van der Waals surface area contributed by atoms with Gasteiger partial charge in [0.15, 0.2) is 11.6 Å². The van der Waals surface area contributed by atoms with Gasteiger partial charge in [0.25, 0.3) is 0 Å². The number of rotatable bonds is 13. The third-order valence-corrected chi connectivity index (χ3v) is 18.0. The summed E-state index contributed by atoms with van der Waals surface area (Å²) in [5, 5.41) is 24.4. The number of amides is 4. The molecular weight excluding hydrogens is 1050 g/mol. The molecule has 4 aromatic carbocycles. The highest BCUT2D eigenvalue weighted by Gasteiger charge is 2.44. The van der Waals surface area contributed by atoms with E-state index in [0.29, 0.717) is 151 Å². The zero-order valence-corrected chi connectivity index (χ0v) is 44.7. The maximum atomic E-state index is 17.1. The summed E-state index contributed by atoms with van der Waals surface area (Å²) < 4.78 is 78.9. The van der Waals surface area contributed by atoms with E-state index in [4.69, 9.17) is 19.4 Å². The largest absolute Gasteiger partial charge is 0.465 e. The first kappa shape index (κ1) is 54.1. The van der Waals surface area contributed by atoms with Crippen LogP contribution in [0.1, 0.15) is 135 Å². The molecule has 12 rings (SSSR count). The van der Waals surface area contributed by atoms with Crippen LogP contribution in [-0.4, -0.2) is 129 Å². The normalized spacial score (nSPS) is 23.2. The van der Waals surface area contributed by atoms with E-state index in [0.717, 1.165) is 0 Å². The molecule has 0 bridgehead atoms. The second-order valence-corrected chi connectivity index (χ2v) is 22.6. The van der Waals surface area contributed by atoms with Crippen molar-refractivity contribution >= 4 is 57.4 Å². The number of nitrogens with zero attached hydrogens (tertiary/aromatic N) is 6. The number of hydrogen-bond acceptors (Lipinski definition) is 10. The van der Waals surface area contributed by atoms with E-state index in [1.54, 1.807) is 31.7 Å². The van der Waals surface area contributed by atoms with Crippen LogP contribution < -0.4 is 20.4 Å². The van der Waals surface area contributed by atoms with Gasteiger partial charge < -0.3 is 59.9 Å². The van der Waals surface area contributed by atoms with E-state index >= 15 is 17.6 Å². The van der Waals surface area contributed by atoms with Crippen LogP contribution in [0.5, 0.6) is 0 Å². The first-order valence-corrected chi connectivity index (χ1v) is 28.5. The number of hydrogen-bond donors (Lipinski definition) is 6. The molecule has 81 heavy (non-hydrogen) atoms. The summed E-state index contributed by atoms with van der Waals surface area (Å²) in [5.41, 5.74) is 2.84. The number of halogens is 4. The van der Waals surface area contributed by atoms with Crippen LogP contribution in [0.3, 0.4) is 0 Å². The molecule has 4 amide bonds. The summed E-state index contributed by atoms with van der Waals surface area (Å²) in [4.78, 5) is 75.3. The number of nitrogens with one attached hydrogen (secondary N) is 4. The predicted octanol–water partition coefficient (Wildman–Crippen LogP) is 9.91. The number of ether oxygens (including phenoxy) is 2. The number of H-pyrrole nitrogens is 2. The van der Waals surface area contributed by atoms with Crippen LogP contribution in [0.2, 0.25) is 0 Å². The Balaban J connectivity index is 0.873. The van der Waals surface area contributed by atoms with Gasteiger partial charge in [-0.25, -0.2) is 37.1 Å². The number of benzene rings is 4. The zero-order chi connectivity index (χ0) is 56.1. The molecule has 6 N–H and O–H groups in total. The molecule has 6 atom stereocenters. The number of aromatic nitrogens is 4. The van der Waals surface area contributed by atoms with Gasteiger partial charge in [-0.05, 0) is 137 Å². The number of fused-ring (bicyclic) bond motifs is 2. The maximum absolute atomic E-state index is 17.1. The van der Waals surface area contributed by atoms with Crippen LogP contribution >= 0.6 is 0 Å². The molecule has 6 saturated heterocycles. The van der Waals surface area contributed by atoms with Crippen molar-refractivity contribution in [2.75, 3.05) is 62.4 Å². The molecule has 0 radical (unpaired) electrons. The number of carbonyl (C=O) groups is 4. The van der Waals surface area contributed by atoms with Crippen molar-refractivity contribution in [3.8, 4) is 0 Å². The number of carboxylic acid groups (broad SMARTS) is 2. The average molecular weight is 1120 g/mol. The standard InChI is InChI=1S/C59H66F4N10O8/c60-39-30-45-43(64-54(66-45)49-8-4-18-71(49)56(74)51(68-58(76)77)34-14-22-80-23-15-34)28-37(39)47-10-11-48(73(47)36-26-41(62)53(42(63)27-36)70-20-12-33(13-21-70)32-6-2-1-3-7-32)38-29-44-46(31-40(38)61)67-55(65-44)50-9-5-19-72(50)57(75)52(69-59(78)79)35-16-24-81-25-17-35/h1-3,6-7,26-31,33-35,47-52,68-69H,4-5,8-25H2,(H,64,66)(H,65,67)(H,76,77)(H,78,79)/t47-,48-,49+,50+,51+,52+/m1/s1. The fourth-order valence-corrected chi connectivity index (χ4v) is 14.0. The van der Waals surface area contributed by atoms with E-state index < -0.39 is 71.7 Å². The first-order chi connectivity index (χ1) is 39.3. The Labute approximate surface area is 464 Å². The van der Waals surface area contributed by atoms with Gasteiger partial charge in [-0.1, -0.05) is 30.3 Å². The second kappa shape index (κ2) is 22.8. The Bertz CT molecular complexity index is 3140. The van der Waals surface area contributed by atoms with Gasteiger partial charge in [-0.2, -0.15) is 0 Å². The summed E-state index contributed by atoms with van der Waals surface area (Å²) in [6.07, 6.45) is 3.60. The summed E-state index contributed by atoms with van der Waals surface area (Å²) in [7, 11) is 0. The molecule has 0 saturated carbocycles. The first-order valence-electron chi connectivity index (χ1n) is 28.5. The van der Waals surface area contributed by atoms with Crippen molar-refractivity contribution in [2.24, 2.45) is 11.8 Å². The third-order valence-electron chi connectivity index (χ3n) is 18.0. The Morgan fingerprint density at radius 1 is 0.556 bits per heavy atom. The van der Waals surface area contributed by atoms with Crippen molar-refractivity contribution in [1.82, 2.24) is 40.4 Å². The summed E-state index contributed by atoms with van der Waals surface area (Å²) in [5.74, 6) is -3.13. The molecule has 8 heterocycles. The lowest BCUT2D eigenvalue weighted by molar-refractivity contribution is -0.137. The molecule has 0 aliphatic carbocycles. The number of aromatic amines is 2. The Hall–Kier alpha value is -7.46. The van der Waals surface area contributed by atoms with Gasteiger partial charge in [0.2, 0.25) is 11.8 Å². The fraction of sp³-hybridized carbons (Fsp3) is 0.492. The number of carbonyl (C=O) groups excluding carboxylic acids is 2. The molecule has 6 aliphatic rings. The number of imidazole rings is 2. The highest BCUT2D eigenvalue weighted by Crippen LogP contribution is 2.50. The van der Waals surface area contributed by atoms with Gasteiger partial charge in [-0.15, -0.1) is 0 Å². The molecule has 2 aromatic heterocycles. The van der Waals surface area contributed by atoms with E-state index in [2.05, 4.69) is 32.7 Å². The van der Waals surface area contributed by atoms with Gasteiger partial charge in [-0.3, -0.25) is 9.59 Å². The van der Waals surface area contributed by atoms with Crippen molar-refractivity contribution < 1.29 is 56.4 Å². The molecule has 0 spiro atoms. The predicted molar refractivity (Wildman–Crippen MR) is 291 cm³/mol. The van der Waals surface area contributed by atoms with Crippen molar-refractivity contribution in [3.63, 3.8) is 0 Å². The van der Waals surface area contributed by atoms with Crippen LogP contribution in [0.15, 0.2) is 66.7 Å². The highest BCUT2D eigenvalue weighted by molar-refractivity contribution is 5.87. The van der Waals surface area contributed by atoms with E-state index in [-0.39, 0.29) is 64.9 Å². The molecule has 0 unspecified atom stereocenters. The fourth-order valence-electron chi connectivity index (χ4n) is 14.0. The quantitative estimate of drug-likeness (QED) is 0.0595. The minimum atomic E-state index is -1.31. The van der Waals surface area contributed by atoms with Gasteiger partial charge in [0, 0.05) is 69.4 Å². The van der Waals surface area contributed by atoms with E-state index in [9.17, 15) is 29.4 Å².